The van der Waals surface area contributed by atoms with Gasteiger partial charge in [-0.2, -0.15) is 0 Å². The first-order chi connectivity index (χ1) is 1.41. The predicted molar refractivity (Wildman–Crippen MR) is 20.4 cm³/mol. The molecule has 0 atom stereocenters. The van der Waals surface area contributed by atoms with E-state index in [1.54, 1.807) is 5.37 Å². The van der Waals surface area contributed by atoms with Gasteiger partial charge in [0.25, 0.3) is 0 Å². The Labute approximate surface area is 75.9 Å². The van der Waals surface area contributed by atoms with E-state index in [0.29, 0.717) is 0 Å². The van der Waals surface area contributed by atoms with Gasteiger partial charge in [0.1, 0.15) is 0 Å². The Balaban J connectivity index is -0.0000000200. The predicted octanol–water partition coefficient (Wildman–Crippen LogP) is -1.88. The van der Waals surface area contributed by atoms with Crippen molar-refractivity contribution in [3.8, 4) is 0 Å². The molecule has 0 amide bonds. The molecule has 0 aromatic heterocycles. The molecule has 0 aliphatic carbocycles. The summed E-state index contributed by atoms with van der Waals surface area (Å²) in [7, 11) is 0. The summed E-state index contributed by atoms with van der Waals surface area (Å²) in [6.07, 6.45) is 0. The van der Waals surface area contributed by atoms with Gasteiger partial charge in [0, 0.05) is 0 Å². The summed E-state index contributed by atoms with van der Waals surface area (Å²) in [6.45, 7) is 1.81. The van der Waals surface area contributed by atoms with Gasteiger partial charge in [-0.15, -0.1) is 0 Å². The van der Waals surface area contributed by atoms with Crippen molar-refractivity contribution in [2.24, 2.45) is 0 Å². The first-order valence-corrected chi connectivity index (χ1v) is 1.28. The van der Waals surface area contributed by atoms with Gasteiger partial charge in [-0.25, -0.2) is 0 Å². The van der Waals surface area contributed by atoms with E-state index in [0.717, 1.165) is 0 Å². The Morgan fingerprint density at radius 2 is 2.00 bits per heavy atom. The number of hydrogen-bond donors (Lipinski definition) is 0. The van der Waals surface area contributed by atoms with Gasteiger partial charge >= 0.3 is 51.4 Å². The molecule has 0 fully saturated rings. The molecule has 0 saturated heterocycles. The normalized spacial score (nSPS) is 3.25. The van der Waals surface area contributed by atoms with E-state index in [1.165, 1.54) is 0 Å². The third-order valence-corrected chi connectivity index (χ3v) is 0. The van der Waals surface area contributed by atoms with E-state index in [1.807, 2.05) is 6.92 Å². The van der Waals surface area contributed by atoms with Gasteiger partial charge in [-0.3, -0.25) is 0 Å². The van der Waals surface area contributed by atoms with Gasteiger partial charge in [-0.1, -0.05) is 12.2 Å². The van der Waals surface area contributed by atoms with Crippen LogP contribution in [0.3, 0.4) is 0 Å². The standard InChI is InChI=1S/C2H4S.K.H/c1-2-3;;/h2H,1H3;;/q;+1;-1. The van der Waals surface area contributed by atoms with Crippen LogP contribution in [0.2, 0.25) is 0 Å². The van der Waals surface area contributed by atoms with Crippen molar-refractivity contribution in [1.29, 1.82) is 0 Å². The van der Waals surface area contributed by atoms with Crippen LogP contribution in [0.4, 0.5) is 0 Å². The summed E-state index contributed by atoms with van der Waals surface area (Å²) in [4.78, 5) is 0. The Morgan fingerprint density at radius 1 is 2.00 bits per heavy atom. The summed E-state index contributed by atoms with van der Waals surface area (Å²) in [5.74, 6) is 0. The van der Waals surface area contributed by atoms with E-state index in [9.17, 15) is 0 Å². The van der Waals surface area contributed by atoms with Crippen LogP contribution in [-0.2, 0) is 0 Å². The van der Waals surface area contributed by atoms with Crippen molar-refractivity contribution in [3.63, 3.8) is 0 Å². The molecule has 0 heterocycles. The van der Waals surface area contributed by atoms with E-state index in [-0.39, 0.29) is 52.8 Å². The zero-order valence-corrected chi connectivity index (χ0v) is 6.93. The molecule has 0 bridgehead atoms. The van der Waals surface area contributed by atoms with Crippen LogP contribution in [0.1, 0.15) is 8.35 Å². The minimum absolute atomic E-state index is 0. The first kappa shape index (κ1) is 9.21. The second-order valence-corrected chi connectivity index (χ2v) is 0.707. The van der Waals surface area contributed by atoms with E-state index < -0.39 is 0 Å². The van der Waals surface area contributed by atoms with E-state index >= 15 is 0 Å². The molecule has 2 heteroatoms. The SMILES string of the molecule is CC=S.[H-].[K+]. The molecule has 0 nitrogen and oxygen atoms in total. The molecule has 0 N–H and O–H groups in total. The quantitative estimate of drug-likeness (QED) is 0.254. The van der Waals surface area contributed by atoms with Crippen LogP contribution in [-0.4, -0.2) is 5.37 Å². The van der Waals surface area contributed by atoms with Crippen LogP contribution in [0.25, 0.3) is 0 Å². The number of rotatable bonds is 0. The summed E-state index contributed by atoms with van der Waals surface area (Å²) < 4.78 is 0. The fraction of sp³-hybridized carbons (Fsp3) is 0.500. The van der Waals surface area contributed by atoms with Crippen LogP contribution >= 0.6 is 12.2 Å². The molecule has 0 saturated carbocycles. The molecule has 0 aliphatic heterocycles. The number of hydrogen-bond acceptors (Lipinski definition) is 1. The van der Waals surface area contributed by atoms with Crippen molar-refractivity contribution < 1.29 is 52.8 Å². The van der Waals surface area contributed by atoms with Crippen LogP contribution < -0.4 is 51.4 Å². The van der Waals surface area contributed by atoms with E-state index in [4.69, 9.17) is 0 Å². The van der Waals surface area contributed by atoms with Crippen molar-refractivity contribution in [3.05, 3.63) is 0 Å². The van der Waals surface area contributed by atoms with Crippen molar-refractivity contribution >= 4 is 17.6 Å². The molecule has 20 valence electrons. The average Bonchev–Trinajstić information content (AvgIpc) is 0.918. The molecule has 0 rings (SSSR count). The third kappa shape index (κ3) is 9.29. The van der Waals surface area contributed by atoms with Gasteiger partial charge in [0.2, 0.25) is 0 Å². The Hall–Kier alpha value is 1.73. The first-order valence-electron chi connectivity index (χ1n) is 0.813. The van der Waals surface area contributed by atoms with Gasteiger partial charge in [-0.05, 0) is 12.3 Å². The fourth-order valence-corrected chi connectivity index (χ4v) is 0. The second-order valence-electron chi connectivity index (χ2n) is 0.236. The van der Waals surface area contributed by atoms with E-state index in [2.05, 4.69) is 12.2 Å². The molecule has 0 aromatic rings. The topological polar surface area (TPSA) is 0 Å². The fourth-order valence-electron chi connectivity index (χ4n) is 0. The molecule has 0 spiro atoms. The molecule has 0 aliphatic rings. The van der Waals surface area contributed by atoms with Crippen molar-refractivity contribution in [2.45, 2.75) is 6.92 Å². The second kappa shape index (κ2) is 8.83. The van der Waals surface area contributed by atoms with Crippen LogP contribution in [0.5, 0.6) is 0 Å². The summed E-state index contributed by atoms with van der Waals surface area (Å²) in [5, 5.41) is 1.58. The summed E-state index contributed by atoms with van der Waals surface area (Å²) >= 11 is 4.27. The van der Waals surface area contributed by atoms with Crippen molar-refractivity contribution in [2.75, 3.05) is 0 Å². The molecule has 0 unspecified atom stereocenters. The van der Waals surface area contributed by atoms with Gasteiger partial charge < -0.3 is 1.43 Å². The molecular weight excluding hydrogens is 95.2 g/mol. The minimum atomic E-state index is 0. The monoisotopic (exact) mass is 100.0 g/mol. The van der Waals surface area contributed by atoms with Crippen LogP contribution in [0, 0.1) is 0 Å². The Bertz CT molecular complexity index is 17.1. The smallest absolute Gasteiger partial charge is 1.00 e. The molecule has 0 aromatic carbocycles. The largest absolute Gasteiger partial charge is 1.00 e. The maximum absolute atomic E-state index is 4.27. The zero-order valence-electron chi connectivity index (χ0n) is 3.99. The zero-order chi connectivity index (χ0) is 2.71. The third-order valence-electron chi connectivity index (χ3n) is 0. The summed E-state index contributed by atoms with van der Waals surface area (Å²) in [5.41, 5.74) is 0. The molecule has 4 heavy (non-hydrogen) atoms. The van der Waals surface area contributed by atoms with Crippen LogP contribution in [0.15, 0.2) is 0 Å². The van der Waals surface area contributed by atoms with Gasteiger partial charge in [0.05, 0.1) is 0 Å². The summed E-state index contributed by atoms with van der Waals surface area (Å²) in [6, 6.07) is 0. The number of thiocarbonyl (C=S) groups is 1. The average molecular weight is 100 g/mol. The van der Waals surface area contributed by atoms with Gasteiger partial charge in [0.15, 0.2) is 0 Å². The Kier molecular flexibility index (Phi) is 20.3. The van der Waals surface area contributed by atoms with Crippen molar-refractivity contribution in [1.82, 2.24) is 0 Å². The Morgan fingerprint density at radius 3 is 2.00 bits per heavy atom. The minimum Gasteiger partial charge on any atom is -1.00 e. The maximum atomic E-state index is 4.27. The maximum Gasteiger partial charge on any atom is 1.00 e. The molecular formula is C2H5KS. The molecule has 0 radical (unpaired) electrons.